The molecule has 0 bridgehead atoms. The first-order chi connectivity index (χ1) is 7.77. The van der Waals surface area contributed by atoms with E-state index >= 15 is 0 Å². The number of benzene rings is 1. The molecule has 0 radical (unpaired) electrons. The Balaban J connectivity index is 2.01. The lowest BCUT2D eigenvalue weighted by atomic mass is 10.1. The first kappa shape index (κ1) is 10.5. The van der Waals surface area contributed by atoms with Crippen LogP contribution in [0.2, 0.25) is 0 Å². The first-order valence-electron chi connectivity index (χ1n) is 5.23. The second kappa shape index (κ2) is 4.66. The van der Waals surface area contributed by atoms with Crippen molar-refractivity contribution in [2.24, 2.45) is 0 Å². The Morgan fingerprint density at radius 2 is 2.12 bits per heavy atom. The summed E-state index contributed by atoms with van der Waals surface area (Å²) in [6, 6.07) is 9.52. The number of aromatic amines is 1. The molecule has 0 unspecified atom stereocenters. The quantitative estimate of drug-likeness (QED) is 0.808. The predicted molar refractivity (Wildman–Crippen MR) is 63.1 cm³/mol. The maximum absolute atomic E-state index is 11.8. The Bertz CT molecular complexity index is 474. The molecule has 2 aromatic rings. The molecular formula is C13H14N2O. The molecule has 0 aliphatic carbocycles. The lowest BCUT2D eigenvalue weighted by Gasteiger charge is -2.06. The van der Waals surface area contributed by atoms with Crippen LogP contribution in [0.25, 0.3) is 0 Å². The van der Waals surface area contributed by atoms with Crippen LogP contribution in [0.1, 0.15) is 21.5 Å². The fourth-order valence-electron chi connectivity index (χ4n) is 1.57. The van der Waals surface area contributed by atoms with Crippen molar-refractivity contribution in [2.45, 2.75) is 13.5 Å². The zero-order chi connectivity index (χ0) is 11.4. The normalized spacial score (nSPS) is 10.1. The molecule has 0 atom stereocenters. The fraction of sp³-hybridized carbons (Fsp3) is 0.154. The van der Waals surface area contributed by atoms with Crippen LogP contribution >= 0.6 is 0 Å². The van der Waals surface area contributed by atoms with E-state index in [2.05, 4.69) is 10.3 Å². The number of aryl methyl sites for hydroxylation is 1. The van der Waals surface area contributed by atoms with Gasteiger partial charge in [0.2, 0.25) is 0 Å². The average Bonchev–Trinajstić information content (AvgIpc) is 2.79. The van der Waals surface area contributed by atoms with Gasteiger partial charge in [-0.1, -0.05) is 18.2 Å². The third-order valence-corrected chi connectivity index (χ3v) is 2.51. The molecule has 0 saturated heterocycles. The summed E-state index contributed by atoms with van der Waals surface area (Å²) in [6.07, 6.45) is 3.72. The van der Waals surface area contributed by atoms with E-state index in [-0.39, 0.29) is 5.91 Å². The van der Waals surface area contributed by atoms with Crippen LogP contribution in [-0.2, 0) is 6.54 Å². The number of carbonyl (C=O) groups excluding carboxylic acids is 1. The second-order valence-electron chi connectivity index (χ2n) is 3.72. The predicted octanol–water partition coefficient (Wildman–Crippen LogP) is 2.25. The zero-order valence-electron chi connectivity index (χ0n) is 9.16. The van der Waals surface area contributed by atoms with E-state index < -0.39 is 0 Å². The van der Waals surface area contributed by atoms with Crippen molar-refractivity contribution in [1.29, 1.82) is 0 Å². The third-order valence-electron chi connectivity index (χ3n) is 2.51. The van der Waals surface area contributed by atoms with Crippen molar-refractivity contribution < 1.29 is 4.79 Å². The van der Waals surface area contributed by atoms with Gasteiger partial charge in [-0.15, -0.1) is 0 Å². The van der Waals surface area contributed by atoms with E-state index in [0.717, 1.165) is 16.7 Å². The smallest absolute Gasteiger partial charge is 0.251 e. The summed E-state index contributed by atoms with van der Waals surface area (Å²) in [4.78, 5) is 14.8. The standard InChI is InChI=1S/C13H14N2O/c1-10-4-2-3-5-12(10)13(16)15-9-11-6-7-14-8-11/h2-8,14H,9H2,1H3,(H,15,16). The topological polar surface area (TPSA) is 44.9 Å². The molecule has 0 saturated carbocycles. The van der Waals surface area contributed by atoms with Crippen LogP contribution in [0.3, 0.4) is 0 Å². The Labute approximate surface area is 94.5 Å². The highest BCUT2D eigenvalue weighted by Gasteiger charge is 2.07. The van der Waals surface area contributed by atoms with Gasteiger partial charge in [0.25, 0.3) is 5.91 Å². The molecule has 1 aromatic heterocycles. The summed E-state index contributed by atoms with van der Waals surface area (Å²) < 4.78 is 0. The summed E-state index contributed by atoms with van der Waals surface area (Å²) in [5.74, 6) is -0.0284. The van der Waals surface area contributed by atoms with E-state index in [4.69, 9.17) is 0 Å². The van der Waals surface area contributed by atoms with E-state index in [1.54, 1.807) is 0 Å². The van der Waals surface area contributed by atoms with Gasteiger partial charge in [0, 0.05) is 24.5 Å². The van der Waals surface area contributed by atoms with Crippen molar-refractivity contribution in [3.63, 3.8) is 0 Å². The van der Waals surface area contributed by atoms with Crippen LogP contribution < -0.4 is 5.32 Å². The molecule has 1 amide bonds. The molecular weight excluding hydrogens is 200 g/mol. The molecule has 1 heterocycles. The lowest BCUT2D eigenvalue weighted by Crippen LogP contribution is -2.23. The molecule has 2 N–H and O–H groups in total. The number of hydrogen-bond donors (Lipinski definition) is 2. The summed E-state index contributed by atoms with van der Waals surface area (Å²) in [7, 11) is 0. The summed E-state index contributed by atoms with van der Waals surface area (Å²) in [5, 5.41) is 2.88. The average molecular weight is 214 g/mol. The highest BCUT2D eigenvalue weighted by Crippen LogP contribution is 2.07. The van der Waals surface area contributed by atoms with Crippen LogP contribution in [-0.4, -0.2) is 10.9 Å². The number of nitrogens with one attached hydrogen (secondary N) is 2. The summed E-state index contributed by atoms with van der Waals surface area (Å²) >= 11 is 0. The molecule has 0 aliphatic rings. The van der Waals surface area contributed by atoms with Crippen LogP contribution in [0.4, 0.5) is 0 Å². The maximum atomic E-state index is 11.8. The van der Waals surface area contributed by atoms with Crippen molar-refractivity contribution in [3.8, 4) is 0 Å². The van der Waals surface area contributed by atoms with Crippen LogP contribution in [0, 0.1) is 6.92 Å². The number of rotatable bonds is 3. The third kappa shape index (κ3) is 2.31. The van der Waals surface area contributed by atoms with Crippen LogP contribution in [0.15, 0.2) is 42.7 Å². The van der Waals surface area contributed by atoms with Crippen molar-refractivity contribution in [1.82, 2.24) is 10.3 Å². The maximum Gasteiger partial charge on any atom is 0.251 e. The molecule has 3 nitrogen and oxygen atoms in total. The van der Waals surface area contributed by atoms with Crippen LogP contribution in [0.5, 0.6) is 0 Å². The van der Waals surface area contributed by atoms with Crippen molar-refractivity contribution in [3.05, 3.63) is 59.4 Å². The van der Waals surface area contributed by atoms with Gasteiger partial charge in [-0.2, -0.15) is 0 Å². The van der Waals surface area contributed by atoms with Gasteiger partial charge in [0.1, 0.15) is 0 Å². The van der Waals surface area contributed by atoms with Crippen molar-refractivity contribution >= 4 is 5.91 Å². The Morgan fingerprint density at radius 1 is 1.31 bits per heavy atom. The van der Waals surface area contributed by atoms with E-state index in [9.17, 15) is 4.79 Å². The zero-order valence-corrected chi connectivity index (χ0v) is 9.16. The molecule has 0 aliphatic heterocycles. The Kier molecular flexibility index (Phi) is 3.05. The van der Waals surface area contributed by atoms with Gasteiger partial charge in [-0.05, 0) is 30.2 Å². The highest BCUT2D eigenvalue weighted by molar-refractivity contribution is 5.95. The minimum Gasteiger partial charge on any atom is -0.367 e. The van der Waals surface area contributed by atoms with E-state index in [1.165, 1.54) is 0 Å². The monoisotopic (exact) mass is 214 g/mol. The van der Waals surface area contributed by atoms with Gasteiger partial charge in [0.15, 0.2) is 0 Å². The Hall–Kier alpha value is -2.03. The molecule has 0 spiro atoms. The van der Waals surface area contributed by atoms with Gasteiger partial charge in [-0.25, -0.2) is 0 Å². The minimum absolute atomic E-state index is 0.0284. The molecule has 0 fully saturated rings. The second-order valence-corrected chi connectivity index (χ2v) is 3.72. The molecule has 2 rings (SSSR count). The summed E-state index contributed by atoms with van der Waals surface area (Å²) in [5.41, 5.74) is 2.80. The number of carbonyl (C=O) groups is 1. The number of aromatic nitrogens is 1. The first-order valence-corrected chi connectivity index (χ1v) is 5.23. The van der Waals surface area contributed by atoms with Gasteiger partial charge in [0.05, 0.1) is 0 Å². The summed E-state index contributed by atoms with van der Waals surface area (Å²) in [6.45, 7) is 2.49. The Morgan fingerprint density at radius 3 is 2.81 bits per heavy atom. The van der Waals surface area contributed by atoms with Gasteiger partial charge >= 0.3 is 0 Å². The molecule has 16 heavy (non-hydrogen) atoms. The number of hydrogen-bond acceptors (Lipinski definition) is 1. The fourth-order valence-corrected chi connectivity index (χ4v) is 1.57. The minimum atomic E-state index is -0.0284. The van der Waals surface area contributed by atoms with E-state index in [0.29, 0.717) is 6.54 Å². The molecule has 1 aromatic carbocycles. The van der Waals surface area contributed by atoms with E-state index in [1.807, 2.05) is 49.6 Å². The number of H-pyrrole nitrogens is 1. The van der Waals surface area contributed by atoms with Gasteiger partial charge < -0.3 is 10.3 Å². The molecule has 3 heteroatoms. The van der Waals surface area contributed by atoms with Crippen molar-refractivity contribution in [2.75, 3.05) is 0 Å². The molecule has 82 valence electrons. The SMILES string of the molecule is Cc1ccccc1C(=O)NCc1cc[nH]c1. The van der Waals surface area contributed by atoms with Gasteiger partial charge in [-0.3, -0.25) is 4.79 Å². The largest absolute Gasteiger partial charge is 0.367 e. The lowest BCUT2D eigenvalue weighted by molar-refractivity contribution is 0.0950. The highest BCUT2D eigenvalue weighted by atomic mass is 16.1. The number of amides is 1.